The lowest BCUT2D eigenvalue weighted by molar-refractivity contribution is -0.167. The summed E-state index contributed by atoms with van der Waals surface area (Å²) < 4.78 is 0. The van der Waals surface area contributed by atoms with E-state index in [1.807, 2.05) is 16.7 Å². The van der Waals surface area contributed by atoms with E-state index in [0.717, 1.165) is 32.2 Å². The van der Waals surface area contributed by atoms with Crippen LogP contribution >= 0.6 is 0 Å². The Bertz CT molecular complexity index is 409. The van der Waals surface area contributed by atoms with E-state index < -0.39 is 0 Å². The zero-order chi connectivity index (χ0) is 14.3. The van der Waals surface area contributed by atoms with E-state index >= 15 is 0 Å². The van der Waals surface area contributed by atoms with Crippen LogP contribution in [0.5, 0.6) is 0 Å². The molecule has 2 saturated heterocycles. The molecule has 0 spiro atoms. The summed E-state index contributed by atoms with van der Waals surface area (Å²) >= 11 is 0. The number of amides is 2. The van der Waals surface area contributed by atoms with E-state index in [9.17, 15) is 9.59 Å². The molecule has 1 aliphatic carbocycles. The first-order chi connectivity index (χ1) is 9.61. The molecule has 4 nitrogen and oxygen atoms in total. The van der Waals surface area contributed by atoms with Gasteiger partial charge in [-0.3, -0.25) is 9.59 Å². The minimum absolute atomic E-state index is 0.165. The lowest BCUT2D eigenvalue weighted by Gasteiger charge is -2.50. The summed E-state index contributed by atoms with van der Waals surface area (Å²) in [7, 11) is 0. The van der Waals surface area contributed by atoms with Crippen molar-refractivity contribution in [1.29, 1.82) is 0 Å². The Balaban J connectivity index is 1.86. The average Bonchev–Trinajstić information content (AvgIpc) is 2.47. The molecule has 0 N–H and O–H groups in total. The third kappa shape index (κ3) is 2.13. The van der Waals surface area contributed by atoms with E-state index in [1.54, 1.807) is 0 Å². The number of hydrogen-bond acceptors (Lipinski definition) is 2. The molecule has 4 atom stereocenters. The zero-order valence-electron chi connectivity index (χ0n) is 12.7. The second kappa shape index (κ2) is 5.38. The van der Waals surface area contributed by atoms with Crippen LogP contribution in [0.15, 0.2) is 0 Å². The maximum absolute atomic E-state index is 12.9. The second-order valence-corrected chi connectivity index (χ2v) is 6.79. The fraction of sp³-hybridized carbons (Fsp3) is 0.875. The SMILES string of the molecule is CC1CCCCC1N1C(=O)C2CCCCN2C(=O)C1C. The van der Waals surface area contributed by atoms with Crippen LogP contribution in [0.4, 0.5) is 0 Å². The molecule has 2 heterocycles. The topological polar surface area (TPSA) is 40.6 Å². The van der Waals surface area contributed by atoms with Gasteiger partial charge in [-0.05, 0) is 44.9 Å². The minimum atomic E-state index is -0.262. The van der Waals surface area contributed by atoms with Crippen LogP contribution < -0.4 is 0 Å². The monoisotopic (exact) mass is 278 g/mol. The quantitative estimate of drug-likeness (QED) is 0.737. The fourth-order valence-corrected chi connectivity index (χ4v) is 4.33. The molecule has 1 saturated carbocycles. The van der Waals surface area contributed by atoms with Crippen LogP contribution in [-0.4, -0.2) is 46.3 Å². The summed E-state index contributed by atoms with van der Waals surface area (Å²) in [4.78, 5) is 29.3. The van der Waals surface area contributed by atoms with Crippen molar-refractivity contribution in [3.05, 3.63) is 0 Å². The van der Waals surface area contributed by atoms with E-state index in [-0.39, 0.29) is 29.9 Å². The number of carbonyl (C=O) groups excluding carboxylic acids is 2. The summed E-state index contributed by atoms with van der Waals surface area (Å²) in [6, 6.07) is -0.150. The van der Waals surface area contributed by atoms with Gasteiger partial charge in [-0.15, -0.1) is 0 Å². The van der Waals surface area contributed by atoms with Crippen LogP contribution in [0, 0.1) is 5.92 Å². The first-order valence-corrected chi connectivity index (χ1v) is 8.24. The van der Waals surface area contributed by atoms with Crippen molar-refractivity contribution in [2.24, 2.45) is 5.92 Å². The number of rotatable bonds is 1. The van der Waals surface area contributed by atoms with Crippen LogP contribution in [0.3, 0.4) is 0 Å². The van der Waals surface area contributed by atoms with E-state index in [2.05, 4.69) is 6.92 Å². The van der Waals surface area contributed by atoms with Crippen LogP contribution in [0.1, 0.15) is 58.8 Å². The Hall–Kier alpha value is -1.06. The van der Waals surface area contributed by atoms with Gasteiger partial charge in [0.25, 0.3) is 0 Å². The molecule has 112 valence electrons. The van der Waals surface area contributed by atoms with Crippen molar-refractivity contribution in [2.45, 2.75) is 76.9 Å². The van der Waals surface area contributed by atoms with Crippen molar-refractivity contribution in [3.63, 3.8) is 0 Å². The second-order valence-electron chi connectivity index (χ2n) is 6.79. The summed E-state index contributed by atoms with van der Waals surface area (Å²) in [6.07, 6.45) is 7.67. The number of carbonyl (C=O) groups is 2. The van der Waals surface area contributed by atoms with Gasteiger partial charge in [0, 0.05) is 12.6 Å². The lowest BCUT2D eigenvalue weighted by Crippen LogP contribution is -2.67. The van der Waals surface area contributed by atoms with Gasteiger partial charge < -0.3 is 9.80 Å². The third-order valence-corrected chi connectivity index (χ3v) is 5.52. The van der Waals surface area contributed by atoms with Crippen molar-refractivity contribution in [3.8, 4) is 0 Å². The van der Waals surface area contributed by atoms with Gasteiger partial charge in [0.2, 0.25) is 11.8 Å². The molecule has 20 heavy (non-hydrogen) atoms. The van der Waals surface area contributed by atoms with Gasteiger partial charge in [0.15, 0.2) is 0 Å². The van der Waals surface area contributed by atoms with E-state index in [0.29, 0.717) is 5.92 Å². The predicted molar refractivity (Wildman–Crippen MR) is 77.1 cm³/mol. The Labute approximate surface area is 121 Å². The lowest BCUT2D eigenvalue weighted by atomic mass is 9.82. The Kier molecular flexibility index (Phi) is 3.74. The van der Waals surface area contributed by atoms with Crippen molar-refractivity contribution in [2.75, 3.05) is 6.54 Å². The number of hydrogen-bond donors (Lipinski definition) is 0. The average molecular weight is 278 g/mol. The Morgan fingerprint density at radius 3 is 2.35 bits per heavy atom. The van der Waals surface area contributed by atoms with Crippen molar-refractivity contribution < 1.29 is 9.59 Å². The maximum Gasteiger partial charge on any atom is 0.246 e. The van der Waals surface area contributed by atoms with Crippen LogP contribution in [-0.2, 0) is 9.59 Å². The number of fused-ring (bicyclic) bond motifs is 1. The van der Waals surface area contributed by atoms with Gasteiger partial charge in [0.1, 0.15) is 12.1 Å². The number of piperazine rings is 1. The summed E-state index contributed by atoms with van der Waals surface area (Å²) in [6.45, 7) is 4.93. The first kappa shape index (κ1) is 13.9. The smallest absolute Gasteiger partial charge is 0.246 e. The molecule has 4 unspecified atom stereocenters. The largest absolute Gasteiger partial charge is 0.329 e. The molecule has 0 radical (unpaired) electrons. The predicted octanol–water partition coefficient (Wildman–Crippen LogP) is 2.18. The van der Waals surface area contributed by atoms with E-state index in [1.165, 1.54) is 19.3 Å². The highest BCUT2D eigenvalue weighted by molar-refractivity contribution is 5.97. The van der Waals surface area contributed by atoms with Gasteiger partial charge >= 0.3 is 0 Å². The molecule has 0 bridgehead atoms. The highest BCUT2D eigenvalue weighted by Crippen LogP contribution is 2.34. The van der Waals surface area contributed by atoms with Crippen LogP contribution in [0.25, 0.3) is 0 Å². The highest BCUT2D eigenvalue weighted by Gasteiger charge is 2.47. The zero-order valence-corrected chi connectivity index (χ0v) is 12.7. The van der Waals surface area contributed by atoms with Gasteiger partial charge in [-0.25, -0.2) is 0 Å². The Morgan fingerprint density at radius 2 is 1.60 bits per heavy atom. The maximum atomic E-state index is 12.9. The van der Waals surface area contributed by atoms with Gasteiger partial charge in [-0.2, -0.15) is 0 Å². The third-order valence-electron chi connectivity index (χ3n) is 5.52. The molecule has 3 aliphatic rings. The highest BCUT2D eigenvalue weighted by atomic mass is 16.2. The van der Waals surface area contributed by atoms with Crippen molar-refractivity contribution in [1.82, 2.24) is 9.80 Å². The molecular formula is C16H26N2O2. The molecule has 0 aromatic heterocycles. The molecule has 0 aromatic rings. The molecule has 3 fully saturated rings. The number of piperidine rings is 1. The van der Waals surface area contributed by atoms with Gasteiger partial charge in [-0.1, -0.05) is 19.8 Å². The minimum Gasteiger partial charge on any atom is -0.329 e. The summed E-state index contributed by atoms with van der Waals surface area (Å²) in [5.41, 5.74) is 0. The van der Waals surface area contributed by atoms with Crippen molar-refractivity contribution >= 4 is 11.8 Å². The molecular weight excluding hydrogens is 252 g/mol. The fourth-order valence-electron chi connectivity index (χ4n) is 4.33. The summed E-state index contributed by atoms with van der Waals surface area (Å²) in [5.74, 6) is 0.917. The molecule has 4 heteroatoms. The standard InChI is InChI=1S/C16H26N2O2/c1-11-7-3-4-8-13(11)18-12(2)15(19)17-10-6-5-9-14(17)16(18)20/h11-14H,3-10H2,1-2H3. The summed E-state index contributed by atoms with van der Waals surface area (Å²) in [5, 5.41) is 0. The molecule has 2 aliphatic heterocycles. The molecule has 3 rings (SSSR count). The molecule has 2 amide bonds. The number of nitrogens with zero attached hydrogens (tertiary/aromatic N) is 2. The van der Waals surface area contributed by atoms with Crippen LogP contribution in [0.2, 0.25) is 0 Å². The van der Waals surface area contributed by atoms with Gasteiger partial charge in [0.05, 0.1) is 0 Å². The Morgan fingerprint density at radius 1 is 0.900 bits per heavy atom. The first-order valence-electron chi connectivity index (χ1n) is 8.24. The van der Waals surface area contributed by atoms with E-state index in [4.69, 9.17) is 0 Å². The molecule has 0 aromatic carbocycles. The normalized spacial score (nSPS) is 38.9.